The molecule has 1 aromatic carbocycles. The maximum Gasteiger partial charge on any atom is 0.413 e. The van der Waals surface area contributed by atoms with Crippen LogP contribution in [0.15, 0.2) is 39.7 Å². The fourth-order valence-electron chi connectivity index (χ4n) is 3.75. The standard InChI is InChI=1S/C21H22F2N3O11P/c1-10-5-12(33-2)6-11-7-13(36-16(10)11)8-34-20(29)25-15-3-4-26(19(28)24-15)18-21(22,23)17(27)14(37-18)9-35-38(30,31)32/h3-7,14,17-18,27H,8-9H2,1-2H3,(H2,30,31,32)(H,24,25,28,29)/p-1/t14?,17-,18?/m1/s1. The number of aliphatic hydroxyl groups excluding tert-OH is 1. The van der Waals surface area contributed by atoms with E-state index in [-0.39, 0.29) is 12.4 Å². The molecule has 1 saturated heterocycles. The Morgan fingerprint density at radius 1 is 1.37 bits per heavy atom. The van der Waals surface area contributed by atoms with E-state index in [0.29, 0.717) is 21.7 Å². The van der Waals surface area contributed by atoms with Crippen LogP contribution in [0.4, 0.5) is 19.4 Å². The number of nitrogens with one attached hydrogen (secondary N) is 1. The number of rotatable bonds is 8. The highest BCUT2D eigenvalue weighted by Crippen LogP contribution is 2.43. The van der Waals surface area contributed by atoms with Crippen LogP contribution in [0.2, 0.25) is 0 Å². The summed E-state index contributed by atoms with van der Waals surface area (Å²) in [5.41, 5.74) is 0.0970. The third-order valence-electron chi connectivity index (χ3n) is 5.50. The summed E-state index contributed by atoms with van der Waals surface area (Å²) in [5.74, 6) is -3.46. The summed E-state index contributed by atoms with van der Waals surface area (Å²) in [5, 5.41) is 12.7. The molecule has 3 N–H and O–H groups in total. The highest BCUT2D eigenvalue weighted by molar-refractivity contribution is 7.44. The largest absolute Gasteiger partial charge is 0.756 e. The summed E-state index contributed by atoms with van der Waals surface area (Å²) in [6.07, 6.45) is -7.05. The smallest absolute Gasteiger partial charge is 0.413 e. The molecule has 3 unspecified atom stereocenters. The summed E-state index contributed by atoms with van der Waals surface area (Å²) in [6.45, 7) is 0.421. The number of halogens is 2. The van der Waals surface area contributed by atoms with Crippen molar-refractivity contribution in [1.29, 1.82) is 0 Å². The minimum Gasteiger partial charge on any atom is -0.756 e. The Morgan fingerprint density at radius 3 is 2.76 bits per heavy atom. The monoisotopic (exact) mass is 560 g/mol. The van der Waals surface area contributed by atoms with Gasteiger partial charge in [-0.15, -0.1) is 0 Å². The molecule has 1 amide bonds. The summed E-state index contributed by atoms with van der Waals surface area (Å²) in [6, 6.07) is 6.17. The number of hydrogen-bond donors (Lipinski definition) is 3. The summed E-state index contributed by atoms with van der Waals surface area (Å²) < 4.78 is 64.9. The van der Waals surface area contributed by atoms with E-state index in [1.807, 2.05) is 6.92 Å². The molecule has 1 aliphatic rings. The Labute approximate surface area is 211 Å². The SMILES string of the molecule is COc1cc(C)c2oc(COC(=O)Nc3ccn(C4OC(COP(=O)([O-])O)[C@@H](O)C4(F)F)c(=O)n3)cc2c1. The zero-order valence-electron chi connectivity index (χ0n) is 19.7. The van der Waals surface area contributed by atoms with Crippen molar-refractivity contribution in [3.05, 3.63) is 52.3 Å². The second-order valence-corrected chi connectivity index (χ2v) is 9.39. The number of furan rings is 1. The number of aryl methyl sites for hydroxylation is 1. The first kappa shape index (κ1) is 27.6. The molecule has 0 saturated carbocycles. The van der Waals surface area contributed by atoms with Crippen molar-refractivity contribution in [1.82, 2.24) is 9.55 Å². The molecule has 1 aliphatic heterocycles. The van der Waals surface area contributed by atoms with Gasteiger partial charge in [0.15, 0.2) is 12.7 Å². The van der Waals surface area contributed by atoms with Crippen molar-refractivity contribution < 1.29 is 56.2 Å². The minimum absolute atomic E-state index is 0.271. The number of amides is 1. The molecule has 17 heteroatoms. The van der Waals surface area contributed by atoms with Gasteiger partial charge in [-0.1, -0.05) is 0 Å². The number of benzene rings is 1. The Kier molecular flexibility index (Phi) is 7.56. The number of ether oxygens (including phenoxy) is 3. The van der Waals surface area contributed by atoms with Crippen molar-refractivity contribution >= 4 is 30.7 Å². The van der Waals surface area contributed by atoms with Gasteiger partial charge in [-0.3, -0.25) is 14.4 Å². The number of hydrogen-bond acceptors (Lipinski definition) is 11. The van der Waals surface area contributed by atoms with Gasteiger partial charge in [-0.05, 0) is 36.8 Å². The van der Waals surface area contributed by atoms with Crippen LogP contribution in [0, 0.1) is 6.92 Å². The Balaban J connectivity index is 1.40. The van der Waals surface area contributed by atoms with Gasteiger partial charge in [0.2, 0.25) is 6.23 Å². The van der Waals surface area contributed by atoms with Crippen LogP contribution in [0.3, 0.4) is 0 Å². The number of alkyl halides is 2. The van der Waals surface area contributed by atoms with E-state index in [1.165, 1.54) is 7.11 Å². The van der Waals surface area contributed by atoms with E-state index < -0.39 is 50.6 Å². The van der Waals surface area contributed by atoms with Crippen molar-refractivity contribution in [3.8, 4) is 5.75 Å². The number of phosphoric ester groups is 1. The van der Waals surface area contributed by atoms with Gasteiger partial charge in [0.05, 0.1) is 13.7 Å². The third kappa shape index (κ3) is 5.85. The van der Waals surface area contributed by atoms with Gasteiger partial charge in [0.25, 0.3) is 7.82 Å². The second kappa shape index (κ2) is 10.4. The van der Waals surface area contributed by atoms with Crippen molar-refractivity contribution in [2.24, 2.45) is 0 Å². The highest BCUT2D eigenvalue weighted by atomic mass is 31.2. The van der Waals surface area contributed by atoms with Gasteiger partial charge in [-0.25, -0.2) is 9.59 Å². The van der Waals surface area contributed by atoms with Crippen LogP contribution in [-0.2, 0) is 25.2 Å². The van der Waals surface area contributed by atoms with Crippen molar-refractivity contribution in [2.45, 2.75) is 37.9 Å². The first-order chi connectivity index (χ1) is 17.8. The minimum atomic E-state index is -5.28. The van der Waals surface area contributed by atoms with Crippen LogP contribution in [0.5, 0.6) is 5.75 Å². The predicted octanol–water partition coefficient (Wildman–Crippen LogP) is 1.43. The number of phosphoric acid groups is 1. The predicted molar refractivity (Wildman–Crippen MR) is 120 cm³/mol. The van der Waals surface area contributed by atoms with Crippen LogP contribution < -0.4 is 20.6 Å². The molecule has 3 aromatic rings. The van der Waals surface area contributed by atoms with Crippen LogP contribution >= 0.6 is 7.82 Å². The lowest BCUT2D eigenvalue weighted by atomic mass is 10.1. The van der Waals surface area contributed by atoms with Gasteiger partial charge < -0.3 is 38.0 Å². The number of carbonyl (C=O) groups excluding carboxylic acids is 1. The number of anilines is 1. The van der Waals surface area contributed by atoms with Crippen LogP contribution in [0.25, 0.3) is 11.0 Å². The second-order valence-electron chi connectivity index (χ2n) is 8.19. The zero-order valence-corrected chi connectivity index (χ0v) is 20.6. The van der Waals surface area contributed by atoms with Crippen molar-refractivity contribution in [2.75, 3.05) is 19.0 Å². The van der Waals surface area contributed by atoms with Crippen LogP contribution in [-0.4, -0.2) is 57.5 Å². The molecular weight excluding hydrogens is 539 g/mol. The molecule has 2 aromatic heterocycles. The summed E-state index contributed by atoms with van der Waals surface area (Å²) >= 11 is 0. The first-order valence-electron chi connectivity index (χ1n) is 10.8. The molecule has 4 rings (SSSR count). The molecule has 14 nitrogen and oxygen atoms in total. The lowest BCUT2D eigenvalue weighted by molar-refractivity contribution is -0.222. The lowest BCUT2D eigenvalue weighted by Gasteiger charge is -2.21. The topological polar surface area (TPSA) is 195 Å². The van der Waals surface area contributed by atoms with E-state index in [9.17, 15) is 32.9 Å². The quantitative estimate of drug-likeness (QED) is 0.336. The van der Waals surface area contributed by atoms with E-state index in [4.69, 9.17) is 23.5 Å². The van der Waals surface area contributed by atoms with E-state index >= 15 is 0 Å². The molecule has 0 bridgehead atoms. The Morgan fingerprint density at radius 2 is 2.11 bits per heavy atom. The molecule has 0 radical (unpaired) electrons. The Bertz CT molecular complexity index is 1450. The fourth-order valence-corrected chi connectivity index (χ4v) is 4.08. The molecule has 0 spiro atoms. The highest BCUT2D eigenvalue weighted by Gasteiger charge is 2.59. The number of carbonyl (C=O) groups is 1. The lowest BCUT2D eigenvalue weighted by Crippen LogP contribution is -2.42. The van der Waals surface area contributed by atoms with Crippen LogP contribution in [0.1, 0.15) is 17.6 Å². The molecule has 3 heterocycles. The summed E-state index contributed by atoms with van der Waals surface area (Å²) in [7, 11) is -3.75. The molecule has 206 valence electrons. The number of methoxy groups -OCH3 is 1. The van der Waals surface area contributed by atoms with E-state index in [2.05, 4.69) is 14.8 Å². The van der Waals surface area contributed by atoms with Gasteiger partial charge in [0.1, 0.15) is 29.0 Å². The van der Waals surface area contributed by atoms with Gasteiger partial charge >= 0.3 is 17.7 Å². The Hall–Kier alpha value is -3.40. The fraction of sp³-hybridized carbons (Fsp3) is 0.381. The molecule has 38 heavy (non-hydrogen) atoms. The summed E-state index contributed by atoms with van der Waals surface area (Å²) in [4.78, 5) is 47.3. The third-order valence-corrected chi connectivity index (χ3v) is 5.98. The average molecular weight is 560 g/mol. The molecular formula is C21H21F2N3O11P-. The molecule has 0 aliphatic carbocycles. The molecule has 4 atom stereocenters. The van der Waals surface area contributed by atoms with E-state index in [0.717, 1.165) is 23.2 Å². The van der Waals surface area contributed by atoms with Gasteiger partial charge in [-0.2, -0.15) is 13.8 Å². The number of aromatic nitrogens is 2. The number of fused-ring (bicyclic) bond motifs is 1. The average Bonchev–Trinajstić information content (AvgIpc) is 3.35. The first-order valence-corrected chi connectivity index (χ1v) is 12.3. The normalized spacial score (nSPS) is 22.2. The van der Waals surface area contributed by atoms with Crippen molar-refractivity contribution in [3.63, 3.8) is 0 Å². The maximum atomic E-state index is 14.5. The van der Waals surface area contributed by atoms with E-state index in [1.54, 1.807) is 18.2 Å². The van der Waals surface area contributed by atoms with Gasteiger partial charge in [0, 0.05) is 11.6 Å². The maximum absolute atomic E-state index is 14.5. The molecule has 1 fully saturated rings. The number of nitrogens with zero attached hydrogens (tertiary/aromatic N) is 2. The number of aliphatic hydroxyl groups is 1. The zero-order chi connectivity index (χ0) is 27.8.